The lowest BCUT2D eigenvalue weighted by atomic mass is 10.1. The highest BCUT2D eigenvalue weighted by molar-refractivity contribution is 9.10. The molecule has 0 radical (unpaired) electrons. The molecular weight excluding hydrogens is 452 g/mol. The van der Waals surface area contributed by atoms with E-state index in [9.17, 15) is 4.79 Å². The fraction of sp³-hybridized carbons (Fsp3) is 0.320. The Kier molecular flexibility index (Phi) is 6.10. The molecule has 0 amide bonds. The SMILES string of the molecule is CCCc1nc2ccc(Br)cc2c(=O)n1N=Cc1c(C)n([C@@H](C)CC)c2ccccc12. The Balaban J connectivity index is 1.92. The van der Waals surface area contributed by atoms with Crippen LogP contribution in [0.5, 0.6) is 0 Å². The first-order valence-corrected chi connectivity index (χ1v) is 11.6. The second kappa shape index (κ2) is 8.79. The van der Waals surface area contributed by atoms with E-state index in [1.165, 1.54) is 10.2 Å². The lowest BCUT2D eigenvalue weighted by Crippen LogP contribution is -2.22. The summed E-state index contributed by atoms with van der Waals surface area (Å²) in [5.74, 6) is 0.682. The molecule has 0 unspecified atom stereocenters. The van der Waals surface area contributed by atoms with Crippen LogP contribution in [0.2, 0.25) is 0 Å². The van der Waals surface area contributed by atoms with E-state index >= 15 is 0 Å². The van der Waals surface area contributed by atoms with Crippen molar-refractivity contribution in [2.45, 2.75) is 53.0 Å². The summed E-state index contributed by atoms with van der Waals surface area (Å²) >= 11 is 3.46. The van der Waals surface area contributed by atoms with Crippen LogP contribution in [-0.2, 0) is 6.42 Å². The first kappa shape index (κ1) is 21.5. The number of aromatic nitrogens is 3. The summed E-state index contributed by atoms with van der Waals surface area (Å²) in [6, 6.07) is 14.4. The minimum atomic E-state index is -0.144. The molecule has 0 aliphatic heterocycles. The van der Waals surface area contributed by atoms with Gasteiger partial charge in [0.15, 0.2) is 0 Å². The van der Waals surface area contributed by atoms with Gasteiger partial charge in [-0.05, 0) is 51.0 Å². The summed E-state index contributed by atoms with van der Waals surface area (Å²) in [7, 11) is 0. The summed E-state index contributed by atoms with van der Waals surface area (Å²) in [6.07, 6.45) is 4.44. The number of rotatable bonds is 6. The number of hydrogen-bond acceptors (Lipinski definition) is 3. The third-order valence-electron chi connectivity index (χ3n) is 5.89. The zero-order valence-electron chi connectivity index (χ0n) is 18.4. The van der Waals surface area contributed by atoms with Crippen LogP contribution in [0.15, 0.2) is 56.8 Å². The Bertz CT molecular complexity index is 1350. The predicted octanol–water partition coefficient (Wildman–Crippen LogP) is 6.23. The van der Waals surface area contributed by atoms with E-state index in [4.69, 9.17) is 4.98 Å². The highest BCUT2D eigenvalue weighted by Gasteiger charge is 2.16. The molecule has 0 fully saturated rings. The maximum atomic E-state index is 13.3. The van der Waals surface area contributed by atoms with Gasteiger partial charge in [0.2, 0.25) is 0 Å². The molecule has 31 heavy (non-hydrogen) atoms. The molecule has 2 aromatic carbocycles. The van der Waals surface area contributed by atoms with Crippen LogP contribution >= 0.6 is 15.9 Å². The minimum Gasteiger partial charge on any atom is -0.341 e. The molecule has 0 saturated carbocycles. The van der Waals surface area contributed by atoms with Crippen molar-refractivity contribution in [1.29, 1.82) is 0 Å². The lowest BCUT2D eigenvalue weighted by molar-refractivity contribution is 0.537. The second-order valence-electron chi connectivity index (χ2n) is 7.94. The van der Waals surface area contributed by atoms with E-state index in [-0.39, 0.29) is 5.56 Å². The zero-order valence-corrected chi connectivity index (χ0v) is 20.0. The fourth-order valence-electron chi connectivity index (χ4n) is 4.15. The molecule has 0 saturated heterocycles. The monoisotopic (exact) mass is 478 g/mol. The summed E-state index contributed by atoms with van der Waals surface area (Å²) in [5.41, 5.74) is 3.94. The molecule has 4 aromatic rings. The molecule has 0 N–H and O–H groups in total. The van der Waals surface area contributed by atoms with Crippen LogP contribution < -0.4 is 5.56 Å². The smallest absolute Gasteiger partial charge is 0.282 e. The van der Waals surface area contributed by atoms with Crippen LogP contribution in [0.25, 0.3) is 21.8 Å². The van der Waals surface area contributed by atoms with E-state index in [0.717, 1.165) is 34.0 Å². The van der Waals surface area contributed by atoms with E-state index in [1.54, 1.807) is 0 Å². The predicted molar refractivity (Wildman–Crippen MR) is 132 cm³/mol. The van der Waals surface area contributed by atoms with Gasteiger partial charge in [0.05, 0.1) is 17.1 Å². The van der Waals surface area contributed by atoms with E-state index in [0.29, 0.717) is 29.2 Å². The van der Waals surface area contributed by atoms with Gasteiger partial charge in [-0.1, -0.05) is 48.0 Å². The molecule has 0 bridgehead atoms. The molecule has 5 nitrogen and oxygen atoms in total. The van der Waals surface area contributed by atoms with Gasteiger partial charge < -0.3 is 4.57 Å². The molecule has 0 spiro atoms. The maximum Gasteiger partial charge on any atom is 0.282 e. The van der Waals surface area contributed by atoms with Gasteiger partial charge in [0.1, 0.15) is 5.82 Å². The van der Waals surface area contributed by atoms with Crippen LogP contribution in [-0.4, -0.2) is 20.4 Å². The topological polar surface area (TPSA) is 52.2 Å². The number of aryl methyl sites for hydroxylation is 1. The summed E-state index contributed by atoms with van der Waals surface area (Å²) in [4.78, 5) is 18.0. The Morgan fingerprint density at radius 1 is 1.16 bits per heavy atom. The molecule has 4 rings (SSSR count). The summed E-state index contributed by atoms with van der Waals surface area (Å²) in [5, 5.41) is 6.38. The van der Waals surface area contributed by atoms with Crippen molar-refractivity contribution < 1.29 is 0 Å². The number of fused-ring (bicyclic) bond motifs is 2. The molecule has 0 aliphatic carbocycles. The Labute approximate surface area is 190 Å². The number of para-hydroxylation sites is 1. The largest absolute Gasteiger partial charge is 0.341 e. The lowest BCUT2D eigenvalue weighted by Gasteiger charge is -2.15. The molecule has 1 atom stereocenters. The first-order valence-electron chi connectivity index (χ1n) is 10.8. The van der Waals surface area contributed by atoms with Crippen LogP contribution in [0, 0.1) is 6.92 Å². The molecule has 0 aliphatic rings. The van der Waals surface area contributed by atoms with Crippen molar-refractivity contribution >= 4 is 44.0 Å². The second-order valence-corrected chi connectivity index (χ2v) is 8.86. The number of nitrogens with zero attached hydrogens (tertiary/aromatic N) is 4. The highest BCUT2D eigenvalue weighted by Crippen LogP contribution is 2.29. The standard InChI is InChI=1S/C25H27BrN4O/c1-5-9-24-28-22-13-12-18(26)14-20(22)25(31)30(24)27-15-21-17(4)29(16(3)6-2)23-11-8-7-10-19(21)23/h7-8,10-16H,5-6,9H2,1-4H3/t16-/m0/s1. The minimum absolute atomic E-state index is 0.144. The Morgan fingerprint density at radius 3 is 2.68 bits per heavy atom. The van der Waals surface area contributed by atoms with Gasteiger partial charge in [-0.2, -0.15) is 9.78 Å². The van der Waals surface area contributed by atoms with Crippen molar-refractivity contribution in [3.8, 4) is 0 Å². The van der Waals surface area contributed by atoms with Gasteiger partial charge in [0, 0.05) is 39.1 Å². The Morgan fingerprint density at radius 2 is 1.94 bits per heavy atom. The third-order valence-corrected chi connectivity index (χ3v) is 6.38. The Hall–Kier alpha value is -2.73. The van der Waals surface area contributed by atoms with Gasteiger partial charge in [-0.3, -0.25) is 4.79 Å². The van der Waals surface area contributed by atoms with Gasteiger partial charge >= 0.3 is 0 Å². The summed E-state index contributed by atoms with van der Waals surface area (Å²) < 4.78 is 4.68. The maximum absolute atomic E-state index is 13.3. The van der Waals surface area contributed by atoms with Crippen molar-refractivity contribution in [3.63, 3.8) is 0 Å². The highest BCUT2D eigenvalue weighted by atomic mass is 79.9. The molecular formula is C25H27BrN4O. The van der Waals surface area contributed by atoms with Crippen LogP contribution in [0.3, 0.4) is 0 Å². The van der Waals surface area contributed by atoms with E-state index in [2.05, 4.69) is 71.5 Å². The third kappa shape index (κ3) is 3.85. The first-order chi connectivity index (χ1) is 15.0. The molecule has 2 aromatic heterocycles. The van der Waals surface area contributed by atoms with E-state index in [1.807, 2.05) is 30.5 Å². The quantitative estimate of drug-likeness (QED) is 0.308. The molecule has 160 valence electrons. The fourth-order valence-corrected chi connectivity index (χ4v) is 4.51. The van der Waals surface area contributed by atoms with Gasteiger partial charge in [0.25, 0.3) is 5.56 Å². The van der Waals surface area contributed by atoms with Crippen molar-refractivity contribution in [2.75, 3.05) is 0 Å². The van der Waals surface area contributed by atoms with Crippen molar-refractivity contribution in [3.05, 3.63) is 74.4 Å². The van der Waals surface area contributed by atoms with Gasteiger partial charge in [-0.25, -0.2) is 4.98 Å². The average Bonchev–Trinajstić information content (AvgIpc) is 3.05. The average molecular weight is 479 g/mol. The number of benzene rings is 2. The summed E-state index contributed by atoms with van der Waals surface area (Å²) in [6.45, 7) is 8.63. The van der Waals surface area contributed by atoms with Crippen molar-refractivity contribution in [1.82, 2.24) is 14.2 Å². The van der Waals surface area contributed by atoms with Crippen molar-refractivity contribution in [2.24, 2.45) is 5.10 Å². The zero-order chi connectivity index (χ0) is 22.1. The molecule has 6 heteroatoms. The van der Waals surface area contributed by atoms with Crippen LogP contribution in [0.4, 0.5) is 0 Å². The van der Waals surface area contributed by atoms with Gasteiger partial charge in [-0.15, -0.1) is 0 Å². The number of halogens is 1. The number of hydrogen-bond donors (Lipinski definition) is 0. The normalized spacial score (nSPS) is 12.9. The van der Waals surface area contributed by atoms with E-state index < -0.39 is 0 Å². The van der Waals surface area contributed by atoms with Crippen LogP contribution in [0.1, 0.15) is 56.7 Å². The molecule has 2 heterocycles.